The van der Waals surface area contributed by atoms with E-state index in [1.54, 1.807) is 18.3 Å². The highest BCUT2D eigenvalue weighted by Crippen LogP contribution is 2.20. The molecule has 1 aromatic carbocycles. The van der Waals surface area contributed by atoms with E-state index < -0.39 is 0 Å². The summed E-state index contributed by atoms with van der Waals surface area (Å²) in [5.41, 5.74) is 11.4. The summed E-state index contributed by atoms with van der Waals surface area (Å²) in [6, 6.07) is 9.19. The summed E-state index contributed by atoms with van der Waals surface area (Å²) in [5, 5.41) is 0. The highest BCUT2D eigenvalue weighted by atomic mass is 19.1. The number of hydrogen-bond acceptors (Lipinski definition) is 3. The summed E-state index contributed by atoms with van der Waals surface area (Å²) in [6.07, 6.45) is 1.59. The van der Waals surface area contributed by atoms with Crippen molar-refractivity contribution in [2.24, 2.45) is 16.5 Å². The number of aromatic nitrogens is 1. The molecule has 0 atom stereocenters. The molecule has 1 aromatic heterocycles. The summed E-state index contributed by atoms with van der Waals surface area (Å²) >= 11 is 0. The molecule has 19 heavy (non-hydrogen) atoms. The number of guanidine groups is 1. The minimum atomic E-state index is -0.318. The Hall–Kier alpha value is -2.63. The van der Waals surface area contributed by atoms with E-state index in [-0.39, 0.29) is 11.8 Å². The summed E-state index contributed by atoms with van der Waals surface area (Å²) in [4.78, 5) is 7.95. The molecule has 98 valence electrons. The van der Waals surface area contributed by atoms with Gasteiger partial charge in [0.05, 0.1) is 6.54 Å². The highest BCUT2D eigenvalue weighted by Gasteiger charge is 2.01. The van der Waals surface area contributed by atoms with Crippen LogP contribution in [0.25, 0.3) is 0 Å². The van der Waals surface area contributed by atoms with Crippen molar-refractivity contribution < 1.29 is 9.13 Å². The Kier molecular flexibility index (Phi) is 3.92. The van der Waals surface area contributed by atoms with Gasteiger partial charge >= 0.3 is 0 Å². The first kappa shape index (κ1) is 12.8. The fourth-order valence-corrected chi connectivity index (χ4v) is 1.41. The van der Waals surface area contributed by atoms with Gasteiger partial charge < -0.3 is 16.2 Å². The second-order valence-corrected chi connectivity index (χ2v) is 3.80. The SMILES string of the molecule is NC(N)=NCc1ccnc(Oc2ccc(F)cc2)c1. The number of nitrogens with zero attached hydrogens (tertiary/aromatic N) is 2. The first-order chi connectivity index (χ1) is 9.13. The number of halogens is 1. The van der Waals surface area contributed by atoms with Crippen molar-refractivity contribution in [1.82, 2.24) is 4.98 Å². The van der Waals surface area contributed by atoms with Gasteiger partial charge in [0.15, 0.2) is 5.96 Å². The molecular weight excluding hydrogens is 247 g/mol. The molecule has 0 saturated carbocycles. The van der Waals surface area contributed by atoms with Gasteiger partial charge in [-0.2, -0.15) is 0 Å². The number of benzene rings is 1. The Morgan fingerprint density at radius 3 is 2.63 bits per heavy atom. The normalized spacial score (nSPS) is 9.95. The summed E-state index contributed by atoms with van der Waals surface area (Å²) < 4.78 is 18.2. The number of rotatable bonds is 4. The van der Waals surface area contributed by atoms with E-state index >= 15 is 0 Å². The molecule has 0 fully saturated rings. The van der Waals surface area contributed by atoms with E-state index in [2.05, 4.69) is 9.98 Å². The molecular formula is C13H13FN4O. The van der Waals surface area contributed by atoms with Crippen LogP contribution in [0.2, 0.25) is 0 Å². The number of ether oxygens (including phenoxy) is 1. The zero-order valence-corrected chi connectivity index (χ0v) is 10.1. The highest BCUT2D eigenvalue weighted by molar-refractivity contribution is 5.75. The van der Waals surface area contributed by atoms with Gasteiger partial charge in [-0.05, 0) is 35.9 Å². The largest absolute Gasteiger partial charge is 0.439 e. The molecule has 0 aliphatic rings. The molecule has 0 amide bonds. The molecule has 0 spiro atoms. The molecule has 0 aliphatic carbocycles. The van der Waals surface area contributed by atoms with Crippen molar-refractivity contribution in [3.8, 4) is 11.6 Å². The molecule has 6 heteroatoms. The molecule has 0 unspecified atom stereocenters. The van der Waals surface area contributed by atoms with E-state index in [1.165, 1.54) is 24.3 Å². The Morgan fingerprint density at radius 2 is 1.95 bits per heavy atom. The topological polar surface area (TPSA) is 86.5 Å². The van der Waals surface area contributed by atoms with Crippen LogP contribution in [-0.2, 0) is 6.54 Å². The van der Waals surface area contributed by atoms with Gasteiger partial charge in [-0.1, -0.05) is 0 Å². The smallest absolute Gasteiger partial charge is 0.219 e. The van der Waals surface area contributed by atoms with Gasteiger partial charge in [-0.25, -0.2) is 14.4 Å². The van der Waals surface area contributed by atoms with Crippen LogP contribution in [0.3, 0.4) is 0 Å². The fourth-order valence-electron chi connectivity index (χ4n) is 1.41. The standard InChI is InChI=1S/C13H13FN4O/c14-10-1-3-11(4-2-10)19-12-7-9(5-6-17-12)8-18-13(15)16/h1-7H,8H2,(H4,15,16,18). The van der Waals surface area contributed by atoms with Crippen LogP contribution < -0.4 is 16.2 Å². The second kappa shape index (κ2) is 5.81. The average Bonchev–Trinajstić information content (AvgIpc) is 2.40. The lowest BCUT2D eigenvalue weighted by Crippen LogP contribution is -2.22. The zero-order valence-electron chi connectivity index (χ0n) is 10.1. The number of pyridine rings is 1. The van der Waals surface area contributed by atoms with Crippen molar-refractivity contribution in [2.75, 3.05) is 0 Å². The number of aliphatic imine (C=N–C) groups is 1. The van der Waals surface area contributed by atoms with Gasteiger partial charge in [0.1, 0.15) is 11.6 Å². The molecule has 2 aromatic rings. The van der Waals surface area contributed by atoms with Crippen molar-refractivity contribution in [1.29, 1.82) is 0 Å². The van der Waals surface area contributed by atoms with Crippen molar-refractivity contribution >= 4 is 5.96 Å². The molecule has 4 N–H and O–H groups in total. The maximum Gasteiger partial charge on any atom is 0.219 e. The van der Waals surface area contributed by atoms with Gasteiger partial charge in [0, 0.05) is 12.3 Å². The minimum absolute atomic E-state index is 0.0258. The summed E-state index contributed by atoms with van der Waals surface area (Å²) in [7, 11) is 0. The van der Waals surface area contributed by atoms with Crippen molar-refractivity contribution in [3.05, 3.63) is 54.0 Å². The first-order valence-electron chi connectivity index (χ1n) is 5.57. The van der Waals surface area contributed by atoms with Gasteiger partial charge in [0.25, 0.3) is 0 Å². The van der Waals surface area contributed by atoms with E-state index in [0.29, 0.717) is 18.2 Å². The maximum absolute atomic E-state index is 12.8. The third-order valence-electron chi connectivity index (χ3n) is 2.28. The van der Waals surface area contributed by atoms with Gasteiger partial charge in [-0.3, -0.25) is 0 Å². The molecule has 0 bridgehead atoms. The summed E-state index contributed by atoms with van der Waals surface area (Å²) in [5.74, 6) is 0.613. The lowest BCUT2D eigenvalue weighted by molar-refractivity contribution is 0.460. The fraction of sp³-hybridized carbons (Fsp3) is 0.0769. The average molecular weight is 260 g/mol. The molecule has 2 rings (SSSR count). The third kappa shape index (κ3) is 3.95. The van der Waals surface area contributed by atoms with Crippen LogP contribution >= 0.6 is 0 Å². The Labute approximate surface area is 109 Å². The molecule has 5 nitrogen and oxygen atoms in total. The van der Waals surface area contributed by atoms with E-state index in [9.17, 15) is 4.39 Å². The van der Waals surface area contributed by atoms with E-state index in [0.717, 1.165) is 5.56 Å². The predicted molar refractivity (Wildman–Crippen MR) is 70.2 cm³/mol. The lowest BCUT2D eigenvalue weighted by atomic mass is 10.2. The van der Waals surface area contributed by atoms with Gasteiger partial charge in [0.2, 0.25) is 5.88 Å². The molecule has 0 aliphatic heterocycles. The van der Waals surface area contributed by atoms with Crippen LogP contribution in [0.15, 0.2) is 47.6 Å². The summed E-state index contributed by atoms with van der Waals surface area (Å²) in [6.45, 7) is 0.352. The Morgan fingerprint density at radius 1 is 1.21 bits per heavy atom. The number of nitrogens with two attached hydrogens (primary N) is 2. The van der Waals surface area contributed by atoms with Crippen LogP contribution in [0.5, 0.6) is 11.6 Å². The molecule has 1 heterocycles. The van der Waals surface area contributed by atoms with E-state index in [1.807, 2.05) is 0 Å². The molecule has 0 radical (unpaired) electrons. The Bertz CT molecular complexity index is 579. The second-order valence-electron chi connectivity index (χ2n) is 3.80. The Balaban J connectivity index is 2.10. The quantitative estimate of drug-likeness (QED) is 0.648. The van der Waals surface area contributed by atoms with Gasteiger partial charge in [-0.15, -0.1) is 0 Å². The maximum atomic E-state index is 12.8. The molecule has 0 saturated heterocycles. The monoisotopic (exact) mass is 260 g/mol. The lowest BCUT2D eigenvalue weighted by Gasteiger charge is -2.05. The predicted octanol–water partition coefficient (Wildman–Crippen LogP) is 1.79. The van der Waals surface area contributed by atoms with Crippen molar-refractivity contribution in [2.45, 2.75) is 6.54 Å². The minimum Gasteiger partial charge on any atom is -0.439 e. The van der Waals surface area contributed by atoms with E-state index in [4.69, 9.17) is 16.2 Å². The van der Waals surface area contributed by atoms with Crippen LogP contribution in [0.1, 0.15) is 5.56 Å². The van der Waals surface area contributed by atoms with Crippen molar-refractivity contribution in [3.63, 3.8) is 0 Å². The van der Waals surface area contributed by atoms with Crippen LogP contribution in [-0.4, -0.2) is 10.9 Å². The van der Waals surface area contributed by atoms with Crippen LogP contribution in [0.4, 0.5) is 4.39 Å². The zero-order chi connectivity index (χ0) is 13.7. The van der Waals surface area contributed by atoms with Crippen LogP contribution in [0, 0.1) is 5.82 Å². The first-order valence-corrected chi connectivity index (χ1v) is 5.57. The third-order valence-corrected chi connectivity index (χ3v) is 2.28. The number of hydrogen-bond donors (Lipinski definition) is 2.